The summed E-state index contributed by atoms with van der Waals surface area (Å²) in [6.45, 7) is 6.90. The molecular formula is C13H25N3O3. The zero-order valence-electron chi connectivity index (χ0n) is 12.1. The standard InChI is InChI=1S/C13H25N3O3/c1-4-15(3)8-6-14-13(19)16-7-5-11(12(17)18)9-10(16)2/h10-11H,4-9H2,1-3H3,(H,14,19)(H,17,18). The van der Waals surface area contributed by atoms with Gasteiger partial charge in [-0.3, -0.25) is 4.79 Å². The molecule has 1 aliphatic rings. The van der Waals surface area contributed by atoms with E-state index in [2.05, 4.69) is 17.1 Å². The van der Waals surface area contributed by atoms with Crippen LogP contribution in [0.25, 0.3) is 0 Å². The average molecular weight is 271 g/mol. The molecule has 1 aliphatic heterocycles. The minimum Gasteiger partial charge on any atom is -0.481 e. The number of hydrogen-bond acceptors (Lipinski definition) is 3. The molecule has 0 aromatic heterocycles. The molecule has 0 aromatic rings. The average Bonchev–Trinajstić information content (AvgIpc) is 2.37. The maximum atomic E-state index is 12.0. The van der Waals surface area contributed by atoms with Crippen LogP contribution in [0, 0.1) is 5.92 Å². The van der Waals surface area contributed by atoms with Gasteiger partial charge in [0.05, 0.1) is 5.92 Å². The molecule has 2 amide bonds. The second-order valence-corrected chi connectivity index (χ2v) is 5.23. The molecule has 2 N–H and O–H groups in total. The fourth-order valence-corrected chi connectivity index (χ4v) is 2.31. The van der Waals surface area contributed by atoms with Crippen LogP contribution in [0.1, 0.15) is 26.7 Å². The van der Waals surface area contributed by atoms with E-state index in [4.69, 9.17) is 5.11 Å². The molecule has 0 aliphatic carbocycles. The Balaban J connectivity index is 2.35. The molecule has 0 radical (unpaired) electrons. The van der Waals surface area contributed by atoms with E-state index in [1.54, 1.807) is 4.90 Å². The Bertz CT molecular complexity index is 322. The van der Waals surface area contributed by atoms with E-state index in [1.807, 2.05) is 14.0 Å². The van der Waals surface area contributed by atoms with Crippen LogP contribution >= 0.6 is 0 Å². The highest BCUT2D eigenvalue weighted by Gasteiger charge is 2.31. The molecule has 110 valence electrons. The first kappa shape index (κ1) is 15.8. The topological polar surface area (TPSA) is 72.9 Å². The van der Waals surface area contributed by atoms with E-state index >= 15 is 0 Å². The van der Waals surface area contributed by atoms with Crippen molar-refractivity contribution in [2.75, 3.05) is 33.2 Å². The van der Waals surface area contributed by atoms with E-state index in [1.165, 1.54) is 0 Å². The Morgan fingerprint density at radius 3 is 2.68 bits per heavy atom. The van der Waals surface area contributed by atoms with Gasteiger partial charge in [-0.1, -0.05) is 6.92 Å². The normalized spacial score (nSPS) is 23.5. The SMILES string of the molecule is CCN(C)CCNC(=O)N1CCC(C(=O)O)CC1C. The number of carbonyl (C=O) groups excluding carboxylic acids is 1. The van der Waals surface area contributed by atoms with Crippen molar-refractivity contribution in [1.29, 1.82) is 0 Å². The van der Waals surface area contributed by atoms with Crippen molar-refractivity contribution in [2.24, 2.45) is 5.92 Å². The summed E-state index contributed by atoms with van der Waals surface area (Å²) in [6.07, 6.45) is 1.08. The van der Waals surface area contributed by atoms with E-state index in [0.29, 0.717) is 25.9 Å². The highest BCUT2D eigenvalue weighted by atomic mass is 16.4. The summed E-state index contributed by atoms with van der Waals surface area (Å²) in [5.41, 5.74) is 0. The molecule has 0 bridgehead atoms. The summed E-state index contributed by atoms with van der Waals surface area (Å²) < 4.78 is 0. The van der Waals surface area contributed by atoms with E-state index in [-0.39, 0.29) is 18.0 Å². The lowest BCUT2D eigenvalue weighted by atomic mass is 9.92. The number of piperidine rings is 1. The number of carbonyl (C=O) groups is 2. The molecule has 2 unspecified atom stereocenters. The van der Waals surface area contributed by atoms with Crippen LogP contribution in [0.2, 0.25) is 0 Å². The van der Waals surface area contributed by atoms with Crippen LogP contribution in [0.5, 0.6) is 0 Å². The molecule has 19 heavy (non-hydrogen) atoms. The molecule has 0 saturated carbocycles. The molecule has 1 saturated heterocycles. The molecule has 6 nitrogen and oxygen atoms in total. The molecule has 2 atom stereocenters. The number of amides is 2. The van der Waals surface area contributed by atoms with Crippen molar-refractivity contribution in [1.82, 2.24) is 15.1 Å². The Morgan fingerprint density at radius 2 is 2.16 bits per heavy atom. The summed E-state index contributed by atoms with van der Waals surface area (Å²) in [7, 11) is 2.01. The quantitative estimate of drug-likeness (QED) is 0.777. The highest BCUT2D eigenvalue weighted by molar-refractivity contribution is 5.75. The molecule has 1 fully saturated rings. The maximum Gasteiger partial charge on any atom is 0.317 e. The van der Waals surface area contributed by atoms with Gasteiger partial charge in [0, 0.05) is 25.7 Å². The maximum absolute atomic E-state index is 12.0. The van der Waals surface area contributed by atoms with Gasteiger partial charge in [0.15, 0.2) is 0 Å². The van der Waals surface area contributed by atoms with Gasteiger partial charge < -0.3 is 20.2 Å². The van der Waals surface area contributed by atoms with Gasteiger partial charge in [0.1, 0.15) is 0 Å². The summed E-state index contributed by atoms with van der Waals surface area (Å²) in [4.78, 5) is 26.8. The van der Waals surface area contributed by atoms with Crippen molar-refractivity contribution < 1.29 is 14.7 Å². The lowest BCUT2D eigenvalue weighted by Gasteiger charge is -2.36. The van der Waals surface area contributed by atoms with Crippen LogP contribution in [-0.4, -0.2) is 66.2 Å². The first-order valence-electron chi connectivity index (χ1n) is 6.91. The number of nitrogens with zero attached hydrogens (tertiary/aromatic N) is 2. The van der Waals surface area contributed by atoms with Gasteiger partial charge in [0.2, 0.25) is 0 Å². The molecular weight excluding hydrogens is 246 g/mol. The van der Waals surface area contributed by atoms with Crippen LogP contribution in [0.15, 0.2) is 0 Å². The second kappa shape index (κ2) is 7.33. The Kier molecular flexibility index (Phi) is 6.08. The van der Waals surface area contributed by atoms with Crippen molar-refractivity contribution in [3.63, 3.8) is 0 Å². The summed E-state index contributed by atoms with van der Waals surface area (Å²) in [5.74, 6) is -1.07. The lowest BCUT2D eigenvalue weighted by Crippen LogP contribution is -2.51. The van der Waals surface area contributed by atoms with Crippen molar-refractivity contribution in [3.05, 3.63) is 0 Å². The van der Waals surface area contributed by atoms with Crippen LogP contribution < -0.4 is 5.32 Å². The van der Waals surface area contributed by atoms with Crippen molar-refractivity contribution in [2.45, 2.75) is 32.7 Å². The van der Waals surface area contributed by atoms with Crippen LogP contribution in [0.4, 0.5) is 4.79 Å². The third-order valence-electron chi connectivity index (χ3n) is 3.80. The number of carboxylic acids is 1. The highest BCUT2D eigenvalue weighted by Crippen LogP contribution is 2.22. The van der Waals surface area contributed by atoms with E-state index < -0.39 is 5.97 Å². The number of hydrogen-bond donors (Lipinski definition) is 2. The van der Waals surface area contributed by atoms with Crippen LogP contribution in [0.3, 0.4) is 0 Å². The van der Waals surface area contributed by atoms with Crippen LogP contribution in [-0.2, 0) is 4.79 Å². The predicted octanol–water partition coefficient (Wildman–Crippen LogP) is 0.833. The number of likely N-dealkylation sites (tertiary alicyclic amines) is 1. The first-order chi connectivity index (χ1) is 8.95. The van der Waals surface area contributed by atoms with Gasteiger partial charge in [-0.25, -0.2) is 4.79 Å². The zero-order valence-corrected chi connectivity index (χ0v) is 12.1. The number of urea groups is 1. The Morgan fingerprint density at radius 1 is 1.47 bits per heavy atom. The van der Waals surface area contributed by atoms with Gasteiger partial charge in [-0.15, -0.1) is 0 Å². The molecule has 0 aromatic carbocycles. The molecule has 0 spiro atoms. The van der Waals surface area contributed by atoms with Crippen molar-refractivity contribution >= 4 is 12.0 Å². The van der Waals surface area contributed by atoms with E-state index in [9.17, 15) is 9.59 Å². The Labute approximate surface area is 114 Å². The summed E-state index contributed by atoms with van der Waals surface area (Å²) in [6, 6.07) is -0.0976. The summed E-state index contributed by atoms with van der Waals surface area (Å²) >= 11 is 0. The summed E-state index contributed by atoms with van der Waals surface area (Å²) in [5, 5.41) is 11.9. The van der Waals surface area contributed by atoms with Gasteiger partial charge >= 0.3 is 12.0 Å². The minimum absolute atomic E-state index is 0.0150. The smallest absolute Gasteiger partial charge is 0.317 e. The third-order valence-corrected chi connectivity index (χ3v) is 3.80. The number of likely N-dealkylation sites (N-methyl/N-ethyl adjacent to an activating group) is 1. The predicted molar refractivity (Wildman–Crippen MR) is 73.1 cm³/mol. The molecule has 6 heteroatoms. The van der Waals surface area contributed by atoms with Crippen molar-refractivity contribution in [3.8, 4) is 0 Å². The number of carboxylic acid groups (broad SMARTS) is 1. The molecule has 1 heterocycles. The fourth-order valence-electron chi connectivity index (χ4n) is 2.31. The number of nitrogens with one attached hydrogen (secondary N) is 1. The number of aliphatic carboxylic acids is 1. The van der Waals surface area contributed by atoms with Gasteiger partial charge in [-0.2, -0.15) is 0 Å². The van der Waals surface area contributed by atoms with Gasteiger partial charge in [0.25, 0.3) is 0 Å². The first-order valence-corrected chi connectivity index (χ1v) is 6.91. The zero-order chi connectivity index (χ0) is 14.4. The second-order valence-electron chi connectivity index (χ2n) is 5.23. The Hall–Kier alpha value is -1.30. The largest absolute Gasteiger partial charge is 0.481 e. The monoisotopic (exact) mass is 271 g/mol. The van der Waals surface area contributed by atoms with E-state index in [0.717, 1.165) is 13.1 Å². The minimum atomic E-state index is -0.753. The number of rotatable bonds is 5. The fraction of sp³-hybridized carbons (Fsp3) is 0.846. The third kappa shape index (κ3) is 4.70. The lowest BCUT2D eigenvalue weighted by molar-refractivity contribution is -0.143. The molecule has 1 rings (SSSR count). The van der Waals surface area contributed by atoms with Gasteiger partial charge in [-0.05, 0) is 33.4 Å².